The van der Waals surface area contributed by atoms with Gasteiger partial charge in [0.05, 0.1) is 7.11 Å². The van der Waals surface area contributed by atoms with Gasteiger partial charge in [0.2, 0.25) is 0 Å². The summed E-state index contributed by atoms with van der Waals surface area (Å²) < 4.78 is 4.93. The van der Waals surface area contributed by atoms with Crippen molar-refractivity contribution in [2.75, 3.05) is 7.11 Å². The van der Waals surface area contributed by atoms with Crippen LogP contribution >= 0.6 is 0 Å². The molecule has 0 amide bonds. The molecule has 0 aliphatic heterocycles. The Hall–Kier alpha value is -1.48. The average molecular weight is 193 g/mol. The second-order valence-electron chi connectivity index (χ2n) is 3.06. The first kappa shape index (κ1) is 10.6. The van der Waals surface area contributed by atoms with Gasteiger partial charge in [-0.05, 0) is 24.1 Å². The van der Waals surface area contributed by atoms with E-state index in [9.17, 15) is 5.11 Å². The second-order valence-corrected chi connectivity index (χ2v) is 3.06. The number of phenols is 1. The standard InChI is InChI=1S/C11H15NO2/c1-3-4-9(12)8-5-6-11(14-2)10(13)7-8/h3,5-7,9,13H,1,4,12H2,2H3/t9-/m1/s1. The Kier molecular flexibility index (Phi) is 3.54. The molecule has 1 aromatic rings. The minimum atomic E-state index is -0.121. The minimum Gasteiger partial charge on any atom is -0.504 e. The third-order valence-corrected chi connectivity index (χ3v) is 2.05. The highest BCUT2D eigenvalue weighted by atomic mass is 16.5. The van der Waals surface area contributed by atoms with Crippen molar-refractivity contribution in [3.8, 4) is 11.5 Å². The fraction of sp³-hybridized carbons (Fsp3) is 0.273. The van der Waals surface area contributed by atoms with Gasteiger partial charge in [-0.25, -0.2) is 0 Å². The van der Waals surface area contributed by atoms with Crippen molar-refractivity contribution < 1.29 is 9.84 Å². The summed E-state index contributed by atoms with van der Waals surface area (Å²) in [5, 5.41) is 9.50. The van der Waals surface area contributed by atoms with E-state index in [1.165, 1.54) is 7.11 Å². The third kappa shape index (κ3) is 2.26. The molecule has 1 aromatic carbocycles. The summed E-state index contributed by atoms with van der Waals surface area (Å²) in [6.07, 6.45) is 2.44. The maximum atomic E-state index is 9.50. The van der Waals surface area contributed by atoms with Crippen molar-refractivity contribution in [2.24, 2.45) is 5.73 Å². The van der Waals surface area contributed by atoms with E-state index in [1.54, 1.807) is 18.2 Å². The number of benzene rings is 1. The van der Waals surface area contributed by atoms with Crippen LogP contribution in [0.3, 0.4) is 0 Å². The predicted molar refractivity (Wildman–Crippen MR) is 56.4 cm³/mol. The average Bonchev–Trinajstić information content (AvgIpc) is 2.18. The Bertz CT molecular complexity index is 323. The highest BCUT2D eigenvalue weighted by Gasteiger charge is 2.07. The first-order valence-corrected chi connectivity index (χ1v) is 4.42. The summed E-state index contributed by atoms with van der Waals surface area (Å²) in [6.45, 7) is 3.62. The zero-order valence-electron chi connectivity index (χ0n) is 8.23. The van der Waals surface area contributed by atoms with Crippen LogP contribution in [0.2, 0.25) is 0 Å². The van der Waals surface area contributed by atoms with Crippen molar-refractivity contribution in [3.63, 3.8) is 0 Å². The maximum Gasteiger partial charge on any atom is 0.160 e. The van der Waals surface area contributed by atoms with E-state index in [0.29, 0.717) is 12.2 Å². The predicted octanol–water partition coefficient (Wildman–Crippen LogP) is 1.98. The monoisotopic (exact) mass is 193 g/mol. The van der Waals surface area contributed by atoms with Crippen LogP contribution in [0.25, 0.3) is 0 Å². The van der Waals surface area contributed by atoms with Gasteiger partial charge in [-0.2, -0.15) is 0 Å². The van der Waals surface area contributed by atoms with E-state index >= 15 is 0 Å². The molecule has 0 saturated heterocycles. The van der Waals surface area contributed by atoms with E-state index in [0.717, 1.165) is 5.56 Å². The first-order chi connectivity index (χ1) is 6.69. The van der Waals surface area contributed by atoms with Crippen LogP contribution in [0, 0.1) is 0 Å². The number of hydrogen-bond donors (Lipinski definition) is 2. The molecular weight excluding hydrogens is 178 g/mol. The van der Waals surface area contributed by atoms with Crippen LogP contribution in [-0.4, -0.2) is 12.2 Å². The van der Waals surface area contributed by atoms with Crippen LogP contribution in [0.4, 0.5) is 0 Å². The Morgan fingerprint density at radius 2 is 2.36 bits per heavy atom. The van der Waals surface area contributed by atoms with E-state index in [2.05, 4.69) is 6.58 Å². The largest absolute Gasteiger partial charge is 0.504 e. The molecule has 3 heteroatoms. The fourth-order valence-electron chi connectivity index (χ4n) is 1.25. The molecule has 3 N–H and O–H groups in total. The Labute approximate surface area is 83.8 Å². The SMILES string of the molecule is C=CC[C@@H](N)c1ccc(OC)c(O)c1. The summed E-state index contributed by atoms with van der Waals surface area (Å²) in [4.78, 5) is 0. The molecule has 14 heavy (non-hydrogen) atoms. The number of nitrogens with two attached hydrogens (primary N) is 1. The van der Waals surface area contributed by atoms with Crippen molar-refractivity contribution in [1.29, 1.82) is 0 Å². The van der Waals surface area contributed by atoms with Gasteiger partial charge in [-0.3, -0.25) is 0 Å². The number of hydrogen-bond acceptors (Lipinski definition) is 3. The second kappa shape index (κ2) is 4.67. The summed E-state index contributed by atoms with van der Waals surface area (Å²) in [6, 6.07) is 5.04. The molecular formula is C11H15NO2. The molecule has 0 spiro atoms. The number of methoxy groups -OCH3 is 1. The Balaban J connectivity index is 2.90. The van der Waals surface area contributed by atoms with Crippen LogP contribution in [0.15, 0.2) is 30.9 Å². The van der Waals surface area contributed by atoms with Crippen LogP contribution < -0.4 is 10.5 Å². The molecule has 0 aliphatic rings. The molecule has 76 valence electrons. The van der Waals surface area contributed by atoms with Gasteiger partial charge in [0.25, 0.3) is 0 Å². The molecule has 0 fully saturated rings. The smallest absolute Gasteiger partial charge is 0.160 e. The molecule has 1 atom stereocenters. The zero-order chi connectivity index (χ0) is 10.6. The molecule has 1 rings (SSSR count). The normalized spacial score (nSPS) is 12.1. The van der Waals surface area contributed by atoms with Gasteiger partial charge in [-0.15, -0.1) is 6.58 Å². The van der Waals surface area contributed by atoms with Crippen molar-refractivity contribution in [3.05, 3.63) is 36.4 Å². The minimum absolute atomic E-state index is 0.115. The number of rotatable bonds is 4. The lowest BCUT2D eigenvalue weighted by Crippen LogP contribution is -2.08. The molecule has 0 heterocycles. The molecule has 0 saturated carbocycles. The lowest BCUT2D eigenvalue weighted by molar-refractivity contribution is 0.372. The van der Waals surface area contributed by atoms with Crippen LogP contribution in [0.5, 0.6) is 11.5 Å². The van der Waals surface area contributed by atoms with E-state index < -0.39 is 0 Å². The first-order valence-electron chi connectivity index (χ1n) is 4.42. The lowest BCUT2D eigenvalue weighted by atomic mass is 10.0. The highest BCUT2D eigenvalue weighted by Crippen LogP contribution is 2.28. The summed E-state index contributed by atoms with van der Waals surface area (Å²) in [5.74, 6) is 0.573. The molecule has 0 bridgehead atoms. The summed E-state index contributed by atoms with van der Waals surface area (Å²) in [7, 11) is 1.51. The van der Waals surface area contributed by atoms with Crippen molar-refractivity contribution in [2.45, 2.75) is 12.5 Å². The zero-order valence-corrected chi connectivity index (χ0v) is 8.23. The van der Waals surface area contributed by atoms with Crippen LogP contribution in [0.1, 0.15) is 18.0 Å². The Morgan fingerprint density at radius 1 is 1.64 bits per heavy atom. The number of aromatic hydroxyl groups is 1. The number of ether oxygens (including phenoxy) is 1. The van der Waals surface area contributed by atoms with Gasteiger partial charge < -0.3 is 15.6 Å². The molecule has 0 radical (unpaired) electrons. The van der Waals surface area contributed by atoms with E-state index in [4.69, 9.17) is 10.5 Å². The van der Waals surface area contributed by atoms with Crippen molar-refractivity contribution >= 4 is 0 Å². The van der Waals surface area contributed by atoms with Gasteiger partial charge in [-0.1, -0.05) is 12.1 Å². The molecule has 0 unspecified atom stereocenters. The van der Waals surface area contributed by atoms with Gasteiger partial charge >= 0.3 is 0 Å². The van der Waals surface area contributed by atoms with E-state index in [-0.39, 0.29) is 11.8 Å². The van der Waals surface area contributed by atoms with Crippen molar-refractivity contribution in [1.82, 2.24) is 0 Å². The third-order valence-electron chi connectivity index (χ3n) is 2.05. The Morgan fingerprint density at radius 3 is 2.86 bits per heavy atom. The molecule has 0 aromatic heterocycles. The maximum absolute atomic E-state index is 9.50. The topological polar surface area (TPSA) is 55.5 Å². The lowest BCUT2D eigenvalue weighted by Gasteiger charge is -2.11. The molecule has 3 nitrogen and oxygen atoms in total. The summed E-state index contributed by atoms with van der Waals surface area (Å²) in [5.41, 5.74) is 6.72. The van der Waals surface area contributed by atoms with E-state index in [1.807, 2.05) is 6.07 Å². The van der Waals surface area contributed by atoms with Crippen LogP contribution in [-0.2, 0) is 0 Å². The van der Waals surface area contributed by atoms with Gasteiger partial charge in [0, 0.05) is 6.04 Å². The fourth-order valence-corrected chi connectivity index (χ4v) is 1.25. The number of phenolic OH excluding ortho intramolecular Hbond substituents is 1. The quantitative estimate of drug-likeness (QED) is 0.719. The highest BCUT2D eigenvalue weighted by molar-refractivity contribution is 5.42. The van der Waals surface area contributed by atoms with Gasteiger partial charge in [0.1, 0.15) is 0 Å². The molecule has 0 aliphatic carbocycles. The van der Waals surface area contributed by atoms with Gasteiger partial charge in [0.15, 0.2) is 11.5 Å². The summed E-state index contributed by atoms with van der Waals surface area (Å²) >= 11 is 0.